The molecule has 110 valence electrons. The molecule has 0 N–H and O–H groups in total. The molecule has 0 aliphatic carbocycles. The van der Waals surface area contributed by atoms with Gasteiger partial charge in [0.2, 0.25) is 5.95 Å². The van der Waals surface area contributed by atoms with E-state index in [1.807, 2.05) is 6.92 Å². The zero-order chi connectivity index (χ0) is 14.2. The molecule has 0 amide bonds. The fraction of sp³-hybridized carbons (Fsp3) is 0.733. The van der Waals surface area contributed by atoms with E-state index in [1.165, 1.54) is 0 Å². The zero-order valence-corrected chi connectivity index (χ0v) is 12.6. The van der Waals surface area contributed by atoms with Gasteiger partial charge in [-0.05, 0) is 18.9 Å². The number of aromatic nitrogens is 2. The van der Waals surface area contributed by atoms with Crippen molar-refractivity contribution in [2.75, 3.05) is 31.2 Å². The molecule has 0 aromatic carbocycles. The maximum atomic E-state index is 5.76. The van der Waals surface area contributed by atoms with Gasteiger partial charge in [0.25, 0.3) is 0 Å². The van der Waals surface area contributed by atoms with E-state index in [4.69, 9.17) is 14.5 Å². The summed E-state index contributed by atoms with van der Waals surface area (Å²) >= 11 is 0. The van der Waals surface area contributed by atoms with Crippen LogP contribution in [0.15, 0.2) is 6.07 Å². The van der Waals surface area contributed by atoms with Gasteiger partial charge in [0.05, 0.1) is 13.2 Å². The maximum Gasteiger partial charge on any atom is 0.225 e. The quantitative estimate of drug-likeness (QED) is 0.830. The lowest BCUT2D eigenvalue weighted by atomic mass is 10.0. The third-order valence-electron chi connectivity index (χ3n) is 4.08. The Morgan fingerprint density at radius 3 is 2.40 bits per heavy atom. The molecule has 2 fully saturated rings. The second-order valence-electron chi connectivity index (χ2n) is 5.98. The molecule has 2 saturated heterocycles. The summed E-state index contributed by atoms with van der Waals surface area (Å²) in [6.07, 6.45) is 1.78. The molecule has 1 aromatic heterocycles. The third-order valence-corrected chi connectivity index (χ3v) is 4.08. The summed E-state index contributed by atoms with van der Waals surface area (Å²) in [5.41, 5.74) is 2.15. The van der Waals surface area contributed by atoms with Crippen molar-refractivity contribution in [2.45, 2.75) is 45.3 Å². The number of aryl methyl sites for hydroxylation is 1. The summed E-state index contributed by atoms with van der Waals surface area (Å²) in [6, 6.07) is 2.07. The molecular formula is C15H23N3O2. The topological polar surface area (TPSA) is 47.5 Å². The summed E-state index contributed by atoms with van der Waals surface area (Å²) in [5, 5.41) is 0. The van der Waals surface area contributed by atoms with Gasteiger partial charge in [0, 0.05) is 37.3 Å². The molecule has 2 aliphatic heterocycles. The van der Waals surface area contributed by atoms with Crippen molar-refractivity contribution in [1.82, 2.24) is 9.97 Å². The number of hydrogen-bond acceptors (Lipinski definition) is 5. The third kappa shape index (κ3) is 2.65. The van der Waals surface area contributed by atoms with Crippen molar-refractivity contribution < 1.29 is 9.47 Å². The molecule has 0 atom stereocenters. The number of anilines is 1. The first-order valence-electron chi connectivity index (χ1n) is 7.46. The fourth-order valence-corrected chi connectivity index (χ4v) is 2.85. The second-order valence-corrected chi connectivity index (χ2v) is 5.98. The second kappa shape index (κ2) is 5.30. The highest BCUT2D eigenvalue weighted by Gasteiger charge is 2.40. The van der Waals surface area contributed by atoms with Gasteiger partial charge in [0.1, 0.15) is 0 Å². The molecule has 20 heavy (non-hydrogen) atoms. The van der Waals surface area contributed by atoms with Gasteiger partial charge in [-0.3, -0.25) is 0 Å². The summed E-state index contributed by atoms with van der Waals surface area (Å²) in [7, 11) is 0. The SMILES string of the molecule is Cc1cc(C(C)C)nc(N2CCC3(CC2)OCCO3)n1. The number of rotatable bonds is 2. The molecule has 0 radical (unpaired) electrons. The zero-order valence-electron chi connectivity index (χ0n) is 12.6. The van der Waals surface area contributed by atoms with Gasteiger partial charge in [-0.2, -0.15) is 0 Å². The number of hydrogen-bond donors (Lipinski definition) is 0. The standard InChI is InChI=1S/C15H23N3O2/c1-11(2)13-10-12(3)16-14(17-13)18-6-4-15(5-7-18)19-8-9-20-15/h10-11H,4-9H2,1-3H3. The van der Waals surface area contributed by atoms with Gasteiger partial charge in [0.15, 0.2) is 5.79 Å². The van der Waals surface area contributed by atoms with E-state index >= 15 is 0 Å². The molecule has 3 rings (SSSR count). The van der Waals surface area contributed by atoms with Gasteiger partial charge >= 0.3 is 0 Å². The van der Waals surface area contributed by atoms with E-state index in [0.29, 0.717) is 5.92 Å². The van der Waals surface area contributed by atoms with Gasteiger partial charge in [-0.15, -0.1) is 0 Å². The summed E-state index contributed by atoms with van der Waals surface area (Å²) in [5.74, 6) is 0.941. The van der Waals surface area contributed by atoms with Crippen LogP contribution in [0.3, 0.4) is 0 Å². The van der Waals surface area contributed by atoms with Crippen LogP contribution >= 0.6 is 0 Å². The number of ether oxygens (including phenoxy) is 2. The smallest absolute Gasteiger partial charge is 0.225 e. The molecule has 2 aliphatic rings. The molecule has 0 saturated carbocycles. The van der Waals surface area contributed by atoms with E-state index in [2.05, 4.69) is 29.8 Å². The highest BCUT2D eigenvalue weighted by molar-refractivity contribution is 5.34. The maximum absolute atomic E-state index is 5.76. The summed E-state index contributed by atoms with van der Waals surface area (Å²) < 4.78 is 11.5. The minimum absolute atomic E-state index is 0.332. The Balaban J connectivity index is 1.74. The first-order chi connectivity index (χ1) is 9.58. The van der Waals surface area contributed by atoms with Crippen LogP contribution in [0.4, 0.5) is 5.95 Å². The predicted molar refractivity (Wildman–Crippen MR) is 76.9 cm³/mol. The first-order valence-corrected chi connectivity index (χ1v) is 7.46. The van der Waals surface area contributed by atoms with Crippen molar-refractivity contribution in [2.24, 2.45) is 0 Å². The van der Waals surface area contributed by atoms with E-state index in [1.54, 1.807) is 0 Å². The van der Waals surface area contributed by atoms with Crippen molar-refractivity contribution in [3.05, 3.63) is 17.5 Å². The molecule has 0 bridgehead atoms. The lowest BCUT2D eigenvalue weighted by Gasteiger charge is -2.37. The minimum atomic E-state index is -0.332. The Morgan fingerprint density at radius 1 is 1.15 bits per heavy atom. The lowest BCUT2D eigenvalue weighted by Crippen LogP contribution is -2.45. The van der Waals surface area contributed by atoms with Gasteiger partial charge < -0.3 is 14.4 Å². The van der Waals surface area contributed by atoms with Crippen molar-refractivity contribution >= 4 is 5.95 Å². The Labute approximate surface area is 120 Å². The van der Waals surface area contributed by atoms with Crippen molar-refractivity contribution in [3.8, 4) is 0 Å². The van der Waals surface area contributed by atoms with Crippen molar-refractivity contribution in [3.63, 3.8) is 0 Å². The Morgan fingerprint density at radius 2 is 1.80 bits per heavy atom. The molecule has 3 heterocycles. The summed E-state index contributed by atoms with van der Waals surface area (Å²) in [6.45, 7) is 9.58. The number of nitrogens with zero attached hydrogens (tertiary/aromatic N) is 3. The normalized spacial score (nSPS) is 21.9. The minimum Gasteiger partial charge on any atom is -0.347 e. The number of piperidine rings is 1. The van der Waals surface area contributed by atoms with Gasteiger partial charge in [-0.1, -0.05) is 13.8 Å². The summed E-state index contributed by atoms with van der Waals surface area (Å²) in [4.78, 5) is 11.5. The van der Waals surface area contributed by atoms with Crippen LogP contribution < -0.4 is 4.90 Å². The Hall–Kier alpha value is -1.20. The van der Waals surface area contributed by atoms with E-state index in [0.717, 1.165) is 56.5 Å². The molecular weight excluding hydrogens is 254 g/mol. The monoisotopic (exact) mass is 277 g/mol. The van der Waals surface area contributed by atoms with E-state index < -0.39 is 0 Å². The largest absolute Gasteiger partial charge is 0.347 e. The van der Waals surface area contributed by atoms with E-state index in [9.17, 15) is 0 Å². The first kappa shape index (κ1) is 13.8. The molecule has 1 spiro atoms. The lowest BCUT2D eigenvalue weighted by molar-refractivity contribution is -0.169. The van der Waals surface area contributed by atoms with Crippen LogP contribution in [0.2, 0.25) is 0 Å². The van der Waals surface area contributed by atoms with Gasteiger partial charge in [-0.25, -0.2) is 9.97 Å². The van der Waals surface area contributed by atoms with Crippen molar-refractivity contribution in [1.29, 1.82) is 0 Å². The molecule has 0 unspecified atom stereocenters. The highest BCUT2D eigenvalue weighted by atomic mass is 16.7. The molecule has 5 nitrogen and oxygen atoms in total. The average molecular weight is 277 g/mol. The van der Waals surface area contributed by atoms with Crippen LogP contribution in [-0.2, 0) is 9.47 Å². The molecule has 1 aromatic rings. The highest BCUT2D eigenvalue weighted by Crippen LogP contribution is 2.32. The Kier molecular flexibility index (Phi) is 3.65. The van der Waals surface area contributed by atoms with Crippen LogP contribution in [0.5, 0.6) is 0 Å². The van der Waals surface area contributed by atoms with E-state index in [-0.39, 0.29) is 5.79 Å². The predicted octanol–water partition coefficient (Wildman–Crippen LogP) is 2.25. The Bertz CT molecular complexity index is 474. The van der Waals surface area contributed by atoms with Crippen LogP contribution in [0.1, 0.15) is 44.0 Å². The molecule has 5 heteroatoms. The van der Waals surface area contributed by atoms with Crippen LogP contribution in [-0.4, -0.2) is 42.1 Å². The average Bonchev–Trinajstić information content (AvgIpc) is 2.87. The fourth-order valence-electron chi connectivity index (χ4n) is 2.85. The van der Waals surface area contributed by atoms with Crippen LogP contribution in [0.25, 0.3) is 0 Å². The van der Waals surface area contributed by atoms with Crippen LogP contribution in [0, 0.1) is 6.92 Å².